The summed E-state index contributed by atoms with van der Waals surface area (Å²) in [5, 5.41) is 12.6. The number of fused-ring (bicyclic) bond motifs is 1. The number of nitrogens with zero attached hydrogens (tertiary/aromatic N) is 1. The zero-order chi connectivity index (χ0) is 12.3. The molecule has 0 saturated carbocycles. The Balaban J connectivity index is 1.96. The average molecular weight is 236 g/mol. The van der Waals surface area contributed by atoms with Gasteiger partial charge in [-0.2, -0.15) is 0 Å². The highest BCUT2D eigenvalue weighted by Crippen LogP contribution is 2.30. The molecule has 4 nitrogen and oxygen atoms in total. The Hall–Kier alpha value is -1.29. The molecule has 0 aliphatic heterocycles. The van der Waals surface area contributed by atoms with Gasteiger partial charge in [-0.25, -0.2) is 0 Å². The Bertz CT molecular complexity index is 398. The van der Waals surface area contributed by atoms with Crippen molar-refractivity contribution in [3.8, 4) is 0 Å². The Morgan fingerprint density at radius 3 is 3.12 bits per heavy atom. The van der Waals surface area contributed by atoms with Crippen LogP contribution in [0.1, 0.15) is 43.4 Å². The highest BCUT2D eigenvalue weighted by atomic mass is 16.3. The lowest BCUT2D eigenvalue weighted by Crippen LogP contribution is -2.23. The van der Waals surface area contributed by atoms with Crippen LogP contribution in [0.15, 0.2) is 12.4 Å². The maximum absolute atomic E-state index is 11.4. The SMILES string of the molecule is CCNC(=O)CCn1cc2c(c1)C(O)CCC2. The summed E-state index contributed by atoms with van der Waals surface area (Å²) in [5.41, 5.74) is 2.28. The summed E-state index contributed by atoms with van der Waals surface area (Å²) in [4.78, 5) is 11.4. The summed E-state index contributed by atoms with van der Waals surface area (Å²) in [7, 11) is 0. The van der Waals surface area contributed by atoms with Gasteiger partial charge in [-0.1, -0.05) is 0 Å². The number of carbonyl (C=O) groups is 1. The molecule has 1 aromatic rings. The predicted molar refractivity (Wildman–Crippen MR) is 65.6 cm³/mol. The summed E-state index contributed by atoms with van der Waals surface area (Å²) in [6, 6.07) is 0. The summed E-state index contributed by atoms with van der Waals surface area (Å²) in [5.74, 6) is 0.0831. The first-order chi connectivity index (χ1) is 8.20. The van der Waals surface area contributed by atoms with Gasteiger partial charge in [0.25, 0.3) is 0 Å². The van der Waals surface area contributed by atoms with Crippen LogP contribution in [0.4, 0.5) is 0 Å². The fourth-order valence-corrected chi connectivity index (χ4v) is 2.37. The third-order valence-corrected chi connectivity index (χ3v) is 3.25. The van der Waals surface area contributed by atoms with Crippen molar-refractivity contribution < 1.29 is 9.90 Å². The molecule has 1 aromatic heterocycles. The van der Waals surface area contributed by atoms with Gasteiger partial charge in [0.2, 0.25) is 5.91 Å². The first-order valence-corrected chi connectivity index (χ1v) is 6.34. The number of aliphatic hydroxyl groups is 1. The molecule has 2 N–H and O–H groups in total. The van der Waals surface area contributed by atoms with Crippen LogP contribution in [-0.2, 0) is 17.8 Å². The third-order valence-electron chi connectivity index (χ3n) is 3.25. The molecule has 1 atom stereocenters. The molecule has 94 valence electrons. The molecule has 2 rings (SSSR count). The highest BCUT2D eigenvalue weighted by Gasteiger charge is 2.19. The van der Waals surface area contributed by atoms with Crippen LogP contribution in [0.2, 0.25) is 0 Å². The highest BCUT2D eigenvalue weighted by molar-refractivity contribution is 5.75. The number of aromatic nitrogens is 1. The van der Waals surface area contributed by atoms with Crippen molar-refractivity contribution in [2.24, 2.45) is 0 Å². The molecule has 0 spiro atoms. The van der Waals surface area contributed by atoms with Crippen LogP contribution in [0.5, 0.6) is 0 Å². The van der Waals surface area contributed by atoms with Crippen molar-refractivity contribution >= 4 is 5.91 Å². The second-order valence-corrected chi connectivity index (χ2v) is 4.59. The topological polar surface area (TPSA) is 54.3 Å². The molecule has 0 fully saturated rings. The van der Waals surface area contributed by atoms with Gasteiger partial charge in [0.05, 0.1) is 6.10 Å². The largest absolute Gasteiger partial charge is 0.388 e. The first-order valence-electron chi connectivity index (χ1n) is 6.34. The van der Waals surface area contributed by atoms with Crippen LogP contribution in [-0.4, -0.2) is 22.1 Å². The Morgan fingerprint density at radius 1 is 1.59 bits per heavy atom. The van der Waals surface area contributed by atoms with E-state index < -0.39 is 0 Å². The summed E-state index contributed by atoms with van der Waals surface area (Å²) < 4.78 is 2.02. The minimum atomic E-state index is -0.315. The van der Waals surface area contributed by atoms with Crippen LogP contribution in [0, 0.1) is 0 Å². The monoisotopic (exact) mass is 236 g/mol. The Morgan fingerprint density at radius 2 is 2.41 bits per heavy atom. The fourth-order valence-electron chi connectivity index (χ4n) is 2.37. The molecule has 0 bridgehead atoms. The number of carbonyl (C=O) groups excluding carboxylic acids is 1. The van der Waals surface area contributed by atoms with Crippen molar-refractivity contribution in [3.63, 3.8) is 0 Å². The molecule has 0 aromatic carbocycles. The molecule has 1 aliphatic carbocycles. The van der Waals surface area contributed by atoms with E-state index in [2.05, 4.69) is 11.5 Å². The first kappa shape index (κ1) is 12.2. The summed E-state index contributed by atoms with van der Waals surface area (Å²) in [6.45, 7) is 3.29. The average Bonchev–Trinajstić information content (AvgIpc) is 2.71. The molecule has 17 heavy (non-hydrogen) atoms. The van der Waals surface area contributed by atoms with E-state index >= 15 is 0 Å². The van der Waals surface area contributed by atoms with Crippen LogP contribution >= 0.6 is 0 Å². The number of aliphatic hydroxyl groups excluding tert-OH is 1. The van der Waals surface area contributed by atoms with E-state index in [4.69, 9.17) is 0 Å². The number of hydrogen-bond acceptors (Lipinski definition) is 2. The van der Waals surface area contributed by atoms with Gasteiger partial charge in [-0.05, 0) is 31.7 Å². The van der Waals surface area contributed by atoms with E-state index in [1.807, 2.05) is 17.7 Å². The van der Waals surface area contributed by atoms with Gasteiger partial charge >= 0.3 is 0 Å². The second-order valence-electron chi connectivity index (χ2n) is 4.59. The normalized spacial score (nSPS) is 18.8. The number of nitrogens with one attached hydrogen (secondary N) is 1. The van der Waals surface area contributed by atoms with E-state index in [0.717, 1.165) is 24.8 Å². The summed E-state index contributed by atoms with van der Waals surface area (Å²) >= 11 is 0. The molecule has 0 saturated heterocycles. The predicted octanol–water partition coefficient (Wildman–Crippen LogP) is 1.38. The number of amides is 1. The van der Waals surface area contributed by atoms with Crippen molar-refractivity contribution in [2.45, 2.75) is 45.3 Å². The fraction of sp³-hybridized carbons (Fsp3) is 0.615. The molecule has 4 heteroatoms. The van der Waals surface area contributed by atoms with Gasteiger partial charge in [-0.3, -0.25) is 4.79 Å². The van der Waals surface area contributed by atoms with E-state index in [-0.39, 0.29) is 12.0 Å². The molecule has 1 aliphatic rings. The molecule has 0 radical (unpaired) electrons. The zero-order valence-corrected chi connectivity index (χ0v) is 10.3. The van der Waals surface area contributed by atoms with Crippen LogP contribution in [0.25, 0.3) is 0 Å². The zero-order valence-electron chi connectivity index (χ0n) is 10.3. The van der Waals surface area contributed by atoms with Crippen LogP contribution < -0.4 is 5.32 Å². The number of hydrogen-bond donors (Lipinski definition) is 2. The standard InChI is InChI=1S/C13H20N2O2/c1-2-14-13(17)6-7-15-8-10-4-3-5-12(16)11(10)9-15/h8-9,12,16H,2-7H2,1H3,(H,14,17). The smallest absolute Gasteiger partial charge is 0.221 e. The number of aryl methyl sites for hydroxylation is 2. The maximum atomic E-state index is 11.4. The Labute approximate surface area is 102 Å². The van der Waals surface area contributed by atoms with E-state index in [1.165, 1.54) is 5.56 Å². The van der Waals surface area contributed by atoms with Gasteiger partial charge in [-0.15, -0.1) is 0 Å². The van der Waals surface area contributed by atoms with Gasteiger partial charge in [0.1, 0.15) is 0 Å². The Kier molecular flexibility index (Phi) is 3.84. The quantitative estimate of drug-likeness (QED) is 0.830. The number of rotatable bonds is 4. The van der Waals surface area contributed by atoms with Gasteiger partial charge in [0, 0.05) is 37.5 Å². The minimum Gasteiger partial charge on any atom is -0.388 e. The molecule has 1 heterocycles. The van der Waals surface area contributed by atoms with Crippen molar-refractivity contribution in [2.75, 3.05) is 6.54 Å². The molecule has 1 amide bonds. The van der Waals surface area contributed by atoms with Gasteiger partial charge < -0.3 is 15.0 Å². The third kappa shape index (κ3) is 2.88. The minimum absolute atomic E-state index is 0.0831. The lowest BCUT2D eigenvalue weighted by Gasteiger charge is -2.16. The lowest BCUT2D eigenvalue weighted by atomic mass is 9.93. The van der Waals surface area contributed by atoms with E-state index in [9.17, 15) is 9.90 Å². The van der Waals surface area contributed by atoms with Crippen LogP contribution in [0.3, 0.4) is 0 Å². The second kappa shape index (κ2) is 5.36. The van der Waals surface area contributed by atoms with Crippen molar-refractivity contribution in [1.82, 2.24) is 9.88 Å². The molecule has 1 unspecified atom stereocenters. The van der Waals surface area contributed by atoms with E-state index in [0.29, 0.717) is 19.5 Å². The van der Waals surface area contributed by atoms with E-state index in [1.54, 1.807) is 0 Å². The van der Waals surface area contributed by atoms with Crippen molar-refractivity contribution in [1.29, 1.82) is 0 Å². The lowest BCUT2D eigenvalue weighted by molar-refractivity contribution is -0.121. The molecular formula is C13H20N2O2. The maximum Gasteiger partial charge on any atom is 0.221 e. The van der Waals surface area contributed by atoms with Gasteiger partial charge in [0.15, 0.2) is 0 Å². The summed E-state index contributed by atoms with van der Waals surface area (Å²) in [6.07, 6.45) is 7.18. The molecular weight excluding hydrogens is 216 g/mol. The van der Waals surface area contributed by atoms with Crippen molar-refractivity contribution in [3.05, 3.63) is 23.5 Å².